The molecule has 7 heteroatoms. The molecule has 0 fully saturated rings. The molecule has 3 rings (SSSR count). The number of nitrogens with two attached hydrogens (primary N) is 1. The largest absolute Gasteiger partial charge is 0.439 e. The number of pyridine rings is 2. The molecule has 1 amide bonds. The Kier molecular flexibility index (Phi) is 4.33. The maximum absolute atomic E-state index is 12.9. The van der Waals surface area contributed by atoms with Crippen LogP contribution in [0.1, 0.15) is 10.4 Å². The molecule has 1 aromatic carbocycles. The number of benzene rings is 1. The number of aromatic nitrogens is 2. The third-order valence-corrected chi connectivity index (χ3v) is 3.08. The van der Waals surface area contributed by atoms with Gasteiger partial charge in [-0.1, -0.05) is 0 Å². The smallest absolute Gasteiger partial charge is 0.250 e. The van der Waals surface area contributed by atoms with Crippen LogP contribution in [0, 0.1) is 5.82 Å². The average molecular weight is 324 g/mol. The number of primary amides is 1. The highest BCUT2D eigenvalue weighted by Crippen LogP contribution is 2.22. The molecule has 2 heterocycles. The molecule has 0 aliphatic rings. The van der Waals surface area contributed by atoms with Gasteiger partial charge < -0.3 is 15.8 Å². The van der Waals surface area contributed by atoms with Gasteiger partial charge in [-0.05, 0) is 36.4 Å². The molecule has 0 atom stereocenters. The van der Waals surface area contributed by atoms with Crippen molar-refractivity contribution in [1.29, 1.82) is 0 Å². The maximum atomic E-state index is 12.9. The quantitative estimate of drug-likeness (QED) is 0.752. The Balaban J connectivity index is 1.69. The second-order valence-electron chi connectivity index (χ2n) is 4.89. The molecule has 0 aliphatic carbocycles. The number of halogens is 1. The minimum atomic E-state index is -0.549. The number of carbonyl (C=O) groups is 1. The minimum Gasteiger partial charge on any atom is -0.439 e. The first-order valence-corrected chi connectivity index (χ1v) is 7.01. The molecular weight excluding hydrogens is 311 g/mol. The van der Waals surface area contributed by atoms with E-state index in [2.05, 4.69) is 15.3 Å². The van der Waals surface area contributed by atoms with Crippen molar-refractivity contribution in [2.75, 3.05) is 5.32 Å². The highest BCUT2D eigenvalue weighted by molar-refractivity contribution is 5.93. The molecule has 0 radical (unpaired) electrons. The van der Waals surface area contributed by atoms with Crippen molar-refractivity contribution >= 4 is 17.3 Å². The van der Waals surface area contributed by atoms with Gasteiger partial charge in [0.05, 0.1) is 29.3 Å². The summed E-state index contributed by atoms with van der Waals surface area (Å²) in [5.74, 6) is -0.0203. The van der Waals surface area contributed by atoms with E-state index in [0.717, 1.165) is 0 Å². The van der Waals surface area contributed by atoms with Gasteiger partial charge in [-0.25, -0.2) is 9.37 Å². The Hall–Kier alpha value is -3.48. The Bertz CT molecular complexity index is 851. The highest BCUT2D eigenvalue weighted by Gasteiger charge is 2.04. The fraction of sp³-hybridized carbons (Fsp3) is 0. The summed E-state index contributed by atoms with van der Waals surface area (Å²) < 4.78 is 18.4. The van der Waals surface area contributed by atoms with Crippen LogP contribution in [-0.4, -0.2) is 15.9 Å². The molecule has 0 aliphatic heterocycles. The van der Waals surface area contributed by atoms with Gasteiger partial charge in [-0.3, -0.25) is 9.78 Å². The minimum absolute atomic E-state index is 0.309. The maximum Gasteiger partial charge on any atom is 0.250 e. The topological polar surface area (TPSA) is 90.1 Å². The van der Waals surface area contributed by atoms with E-state index >= 15 is 0 Å². The standard InChI is InChI=1S/C17H13FN4O2/c18-12-1-4-15(5-2-12)24-16-6-3-13(10-21-16)22-14-7-11(17(19)23)8-20-9-14/h1-10,22H,(H2,19,23). The van der Waals surface area contributed by atoms with Crippen molar-refractivity contribution in [3.8, 4) is 11.6 Å². The number of hydrogen-bond acceptors (Lipinski definition) is 5. The van der Waals surface area contributed by atoms with Crippen LogP contribution in [-0.2, 0) is 0 Å². The first kappa shape index (κ1) is 15.4. The molecule has 2 aromatic heterocycles. The van der Waals surface area contributed by atoms with E-state index in [1.54, 1.807) is 30.6 Å². The van der Waals surface area contributed by atoms with Gasteiger partial charge in [-0.15, -0.1) is 0 Å². The van der Waals surface area contributed by atoms with Crippen molar-refractivity contribution in [3.05, 3.63) is 72.4 Å². The van der Waals surface area contributed by atoms with Gasteiger partial charge in [0, 0.05) is 12.3 Å². The van der Waals surface area contributed by atoms with Crippen LogP contribution < -0.4 is 15.8 Å². The van der Waals surface area contributed by atoms with E-state index < -0.39 is 5.91 Å². The van der Waals surface area contributed by atoms with Gasteiger partial charge in [0.1, 0.15) is 11.6 Å². The van der Waals surface area contributed by atoms with Crippen LogP contribution in [0.4, 0.5) is 15.8 Å². The lowest BCUT2D eigenvalue weighted by Crippen LogP contribution is -2.11. The Morgan fingerprint density at radius 1 is 1.04 bits per heavy atom. The summed E-state index contributed by atoms with van der Waals surface area (Å²) in [4.78, 5) is 19.3. The normalized spacial score (nSPS) is 10.2. The van der Waals surface area contributed by atoms with Gasteiger partial charge in [0.2, 0.25) is 11.8 Å². The van der Waals surface area contributed by atoms with Crippen LogP contribution in [0.15, 0.2) is 61.1 Å². The number of carbonyl (C=O) groups excluding carboxylic acids is 1. The first-order chi connectivity index (χ1) is 11.6. The van der Waals surface area contributed by atoms with E-state index in [1.165, 1.54) is 30.5 Å². The SMILES string of the molecule is NC(=O)c1cncc(Nc2ccc(Oc3ccc(F)cc3)nc2)c1. The molecule has 3 N–H and O–H groups in total. The molecule has 24 heavy (non-hydrogen) atoms. The van der Waals surface area contributed by atoms with Crippen molar-refractivity contribution in [2.24, 2.45) is 5.73 Å². The molecule has 120 valence electrons. The average Bonchev–Trinajstić information content (AvgIpc) is 2.59. The summed E-state index contributed by atoms with van der Waals surface area (Å²) in [6, 6.07) is 10.7. The second kappa shape index (κ2) is 6.74. The van der Waals surface area contributed by atoms with E-state index in [1.807, 2.05) is 0 Å². The fourth-order valence-corrected chi connectivity index (χ4v) is 1.95. The first-order valence-electron chi connectivity index (χ1n) is 7.01. The van der Waals surface area contributed by atoms with Crippen molar-refractivity contribution in [2.45, 2.75) is 0 Å². The Morgan fingerprint density at radius 2 is 1.83 bits per heavy atom. The van der Waals surface area contributed by atoms with Gasteiger partial charge in [0.15, 0.2) is 0 Å². The summed E-state index contributed by atoms with van der Waals surface area (Å²) >= 11 is 0. The number of ether oxygens (including phenoxy) is 1. The summed E-state index contributed by atoms with van der Waals surface area (Å²) in [5, 5.41) is 3.06. The molecule has 0 unspecified atom stereocenters. The van der Waals surface area contributed by atoms with E-state index in [-0.39, 0.29) is 5.82 Å². The summed E-state index contributed by atoms with van der Waals surface area (Å²) in [6.45, 7) is 0. The lowest BCUT2D eigenvalue weighted by molar-refractivity contribution is 0.1000. The zero-order valence-electron chi connectivity index (χ0n) is 12.4. The fourth-order valence-electron chi connectivity index (χ4n) is 1.95. The Morgan fingerprint density at radius 3 is 2.50 bits per heavy atom. The summed E-state index contributed by atoms with van der Waals surface area (Å²) in [5.41, 5.74) is 6.83. The van der Waals surface area contributed by atoms with Crippen molar-refractivity contribution in [3.63, 3.8) is 0 Å². The monoisotopic (exact) mass is 324 g/mol. The van der Waals surface area contributed by atoms with Crippen molar-refractivity contribution in [1.82, 2.24) is 9.97 Å². The molecule has 0 spiro atoms. The number of hydrogen-bond donors (Lipinski definition) is 2. The van der Waals surface area contributed by atoms with Crippen LogP contribution in [0.25, 0.3) is 0 Å². The second-order valence-corrected chi connectivity index (χ2v) is 4.89. The third kappa shape index (κ3) is 3.83. The molecule has 0 saturated carbocycles. The van der Waals surface area contributed by atoms with Crippen LogP contribution in [0.2, 0.25) is 0 Å². The Labute approximate surface area is 137 Å². The molecular formula is C17H13FN4O2. The zero-order valence-corrected chi connectivity index (χ0v) is 12.4. The van der Waals surface area contributed by atoms with E-state index in [9.17, 15) is 9.18 Å². The lowest BCUT2D eigenvalue weighted by atomic mass is 10.2. The summed E-state index contributed by atoms with van der Waals surface area (Å²) in [6.07, 6.45) is 4.52. The predicted octanol–water partition coefficient (Wildman–Crippen LogP) is 3.25. The number of nitrogens with one attached hydrogen (secondary N) is 1. The highest BCUT2D eigenvalue weighted by atomic mass is 19.1. The zero-order chi connectivity index (χ0) is 16.9. The van der Waals surface area contributed by atoms with Gasteiger partial charge in [-0.2, -0.15) is 0 Å². The number of rotatable bonds is 5. The van der Waals surface area contributed by atoms with E-state index in [4.69, 9.17) is 10.5 Å². The third-order valence-electron chi connectivity index (χ3n) is 3.08. The lowest BCUT2D eigenvalue weighted by Gasteiger charge is -2.08. The molecule has 3 aromatic rings. The van der Waals surface area contributed by atoms with Crippen molar-refractivity contribution < 1.29 is 13.9 Å². The number of nitrogens with zero attached hydrogens (tertiary/aromatic N) is 2. The number of amides is 1. The van der Waals surface area contributed by atoms with Crippen LogP contribution in [0.5, 0.6) is 11.6 Å². The number of anilines is 2. The molecule has 0 saturated heterocycles. The van der Waals surface area contributed by atoms with Crippen LogP contribution >= 0.6 is 0 Å². The van der Waals surface area contributed by atoms with Gasteiger partial charge >= 0.3 is 0 Å². The van der Waals surface area contributed by atoms with E-state index in [0.29, 0.717) is 28.6 Å². The molecule has 0 bridgehead atoms. The van der Waals surface area contributed by atoms with Gasteiger partial charge in [0.25, 0.3) is 0 Å². The predicted molar refractivity (Wildman–Crippen MR) is 86.7 cm³/mol. The summed E-state index contributed by atoms with van der Waals surface area (Å²) in [7, 11) is 0. The molecule has 6 nitrogen and oxygen atoms in total. The van der Waals surface area contributed by atoms with Crippen LogP contribution in [0.3, 0.4) is 0 Å².